The van der Waals surface area contributed by atoms with E-state index < -0.39 is 0 Å². The average Bonchev–Trinajstić information content (AvgIpc) is 2.71. The molecule has 0 saturated carbocycles. The molecule has 1 atom stereocenters. The Morgan fingerprint density at radius 3 is 3.24 bits per heavy atom. The zero-order valence-electron chi connectivity index (χ0n) is 10.4. The predicted molar refractivity (Wildman–Crippen MR) is 77.5 cm³/mol. The molecule has 1 aromatic rings. The van der Waals surface area contributed by atoms with E-state index in [0.29, 0.717) is 5.13 Å². The van der Waals surface area contributed by atoms with E-state index in [1.807, 2.05) is 11.8 Å². The molecule has 5 heteroatoms. The zero-order valence-corrected chi connectivity index (χ0v) is 12.0. The lowest BCUT2D eigenvalue weighted by atomic mass is 10.0. The summed E-state index contributed by atoms with van der Waals surface area (Å²) in [5, 5.41) is 2.75. The number of thiazole rings is 1. The number of nitrogens with two attached hydrogens (primary N) is 1. The fourth-order valence-corrected chi connectivity index (χ4v) is 3.81. The normalized spacial score (nSPS) is 21.8. The number of thioether (sulfide) groups is 1. The molecule has 1 unspecified atom stereocenters. The molecule has 0 aliphatic carbocycles. The summed E-state index contributed by atoms with van der Waals surface area (Å²) in [5.41, 5.74) is 6.73. The highest BCUT2D eigenvalue weighted by atomic mass is 32.2. The first-order chi connectivity index (χ1) is 8.24. The Hall–Kier alpha value is -0.260. The van der Waals surface area contributed by atoms with Crippen LogP contribution in [0, 0.1) is 5.92 Å². The van der Waals surface area contributed by atoms with Gasteiger partial charge < -0.3 is 10.6 Å². The van der Waals surface area contributed by atoms with Crippen LogP contribution in [-0.2, 0) is 5.75 Å². The number of nitrogens with zero attached hydrogens (tertiary/aromatic N) is 2. The van der Waals surface area contributed by atoms with Crippen molar-refractivity contribution in [3.63, 3.8) is 0 Å². The van der Waals surface area contributed by atoms with Crippen molar-refractivity contribution < 1.29 is 0 Å². The quantitative estimate of drug-likeness (QED) is 0.836. The Bertz CT molecular complexity index is 340. The van der Waals surface area contributed by atoms with Gasteiger partial charge in [-0.2, -0.15) is 11.8 Å². The van der Waals surface area contributed by atoms with Crippen LogP contribution in [0.25, 0.3) is 0 Å². The van der Waals surface area contributed by atoms with Crippen molar-refractivity contribution in [2.75, 3.05) is 31.1 Å². The van der Waals surface area contributed by atoms with Crippen LogP contribution in [0.5, 0.6) is 0 Å². The van der Waals surface area contributed by atoms with E-state index in [9.17, 15) is 0 Å². The second kappa shape index (κ2) is 6.61. The second-order valence-electron chi connectivity index (χ2n) is 4.78. The maximum absolute atomic E-state index is 5.60. The molecule has 17 heavy (non-hydrogen) atoms. The van der Waals surface area contributed by atoms with Crippen LogP contribution in [0.15, 0.2) is 5.38 Å². The number of piperidine rings is 1. The van der Waals surface area contributed by atoms with Gasteiger partial charge in [-0.15, -0.1) is 11.3 Å². The number of rotatable bonds is 5. The molecule has 0 aromatic carbocycles. The third-order valence-corrected chi connectivity index (χ3v) is 4.81. The molecule has 1 saturated heterocycles. The minimum absolute atomic E-state index is 0.686. The third kappa shape index (κ3) is 4.48. The number of anilines is 1. The van der Waals surface area contributed by atoms with Crippen LogP contribution in [0.4, 0.5) is 5.13 Å². The molecular formula is C12H21N3S2. The van der Waals surface area contributed by atoms with Crippen LogP contribution in [-0.4, -0.2) is 35.3 Å². The molecular weight excluding hydrogens is 250 g/mol. The second-order valence-corrected chi connectivity index (χ2v) is 6.77. The molecule has 1 aliphatic heterocycles. The Balaban J connectivity index is 1.59. The summed E-state index contributed by atoms with van der Waals surface area (Å²) in [6.45, 7) is 6.14. The van der Waals surface area contributed by atoms with Gasteiger partial charge in [0.2, 0.25) is 0 Å². The SMILES string of the molecule is CC1CCCN(CCSCc2csc(N)n2)C1. The molecule has 96 valence electrons. The van der Waals surface area contributed by atoms with Crippen molar-refractivity contribution in [1.82, 2.24) is 9.88 Å². The highest BCUT2D eigenvalue weighted by Crippen LogP contribution is 2.19. The van der Waals surface area contributed by atoms with Gasteiger partial charge in [0.05, 0.1) is 5.69 Å². The van der Waals surface area contributed by atoms with E-state index >= 15 is 0 Å². The minimum atomic E-state index is 0.686. The lowest BCUT2D eigenvalue weighted by Gasteiger charge is -2.30. The lowest BCUT2D eigenvalue weighted by molar-refractivity contribution is 0.194. The number of nitrogen functional groups attached to an aromatic ring is 1. The summed E-state index contributed by atoms with van der Waals surface area (Å²) in [5.74, 6) is 3.08. The molecule has 0 amide bonds. The van der Waals surface area contributed by atoms with Crippen molar-refractivity contribution >= 4 is 28.2 Å². The number of hydrogen-bond acceptors (Lipinski definition) is 5. The first-order valence-electron chi connectivity index (χ1n) is 6.24. The standard InChI is InChI=1S/C12H21N3S2/c1-10-3-2-4-15(7-10)5-6-16-8-11-9-17-12(13)14-11/h9-10H,2-8H2,1H3,(H2,13,14). The monoisotopic (exact) mass is 271 g/mol. The first-order valence-corrected chi connectivity index (χ1v) is 8.27. The van der Waals surface area contributed by atoms with E-state index in [0.717, 1.165) is 17.4 Å². The average molecular weight is 271 g/mol. The number of aromatic nitrogens is 1. The van der Waals surface area contributed by atoms with Gasteiger partial charge in [-0.05, 0) is 25.3 Å². The van der Waals surface area contributed by atoms with Gasteiger partial charge in [0.25, 0.3) is 0 Å². The van der Waals surface area contributed by atoms with Gasteiger partial charge in [0.15, 0.2) is 5.13 Å². The largest absolute Gasteiger partial charge is 0.375 e. The highest BCUT2D eigenvalue weighted by molar-refractivity contribution is 7.98. The molecule has 0 spiro atoms. The Kier molecular flexibility index (Phi) is 5.13. The van der Waals surface area contributed by atoms with Gasteiger partial charge in [0.1, 0.15) is 0 Å². The maximum atomic E-state index is 5.60. The molecule has 0 bridgehead atoms. The summed E-state index contributed by atoms with van der Waals surface area (Å²) in [4.78, 5) is 6.86. The molecule has 2 N–H and O–H groups in total. The summed E-state index contributed by atoms with van der Waals surface area (Å²) >= 11 is 3.50. The Morgan fingerprint density at radius 1 is 1.65 bits per heavy atom. The molecule has 0 radical (unpaired) electrons. The first kappa shape index (κ1) is 13.2. The van der Waals surface area contributed by atoms with Crippen molar-refractivity contribution in [3.8, 4) is 0 Å². The van der Waals surface area contributed by atoms with E-state index in [2.05, 4.69) is 22.2 Å². The summed E-state index contributed by atoms with van der Waals surface area (Å²) in [7, 11) is 0. The van der Waals surface area contributed by atoms with Gasteiger partial charge in [-0.25, -0.2) is 4.98 Å². The van der Waals surface area contributed by atoms with Crippen molar-refractivity contribution in [2.24, 2.45) is 5.92 Å². The molecule has 3 nitrogen and oxygen atoms in total. The molecule has 2 rings (SSSR count). The van der Waals surface area contributed by atoms with Crippen LogP contribution >= 0.6 is 23.1 Å². The molecule has 1 aliphatic rings. The molecule has 1 fully saturated rings. The molecule has 2 heterocycles. The topological polar surface area (TPSA) is 42.1 Å². The predicted octanol–water partition coefficient (Wildman–Crippen LogP) is 2.69. The van der Waals surface area contributed by atoms with Crippen molar-refractivity contribution in [3.05, 3.63) is 11.1 Å². The van der Waals surface area contributed by atoms with Crippen molar-refractivity contribution in [2.45, 2.75) is 25.5 Å². The number of hydrogen-bond donors (Lipinski definition) is 1. The summed E-state index contributed by atoms with van der Waals surface area (Å²) < 4.78 is 0. The van der Waals surface area contributed by atoms with E-state index in [-0.39, 0.29) is 0 Å². The zero-order chi connectivity index (χ0) is 12.1. The fraction of sp³-hybridized carbons (Fsp3) is 0.750. The minimum Gasteiger partial charge on any atom is -0.375 e. The van der Waals surface area contributed by atoms with Gasteiger partial charge >= 0.3 is 0 Å². The summed E-state index contributed by atoms with van der Waals surface area (Å²) in [6.07, 6.45) is 2.77. The van der Waals surface area contributed by atoms with Crippen LogP contribution in [0.1, 0.15) is 25.5 Å². The molecule has 1 aromatic heterocycles. The van der Waals surface area contributed by atoms with E-state index in [4.69, 9.17) is 5.73 Å². The van der Waals surface area contributed by atoms with Crippen molar-refractivity contribution in [1.29, 1.82) is 0 Å². The summed E-state index contributed by atoms with van der Waals surface area (Å²) in [6, 6.07) is 0. The maximum Gasteiger partial charge on any atom is 0.180 e. The van der Waals surface area contributed by atoms with E-state index in [1.165, 1.54) is 49.6 Å². The Morgan fingerprint density at radius 2 is 2.53 bits per heavy atom. The van der Waals surface area contributed by atoms with Gasteiger partial charge in [-0.1, -0.05) is 6.92 Å². The highest BCUT2D eigenvalue weighted by Gasteiger charge is 2.15. The number of likely N-dealkylation sites (tertiary alicyclic amines) is 1. The van der Waals surface area contributed by atoms with Gasteiger partial charge in [0, 0.05) is 30.0 Å². The Labute approximate surface area is 112 Å². The third-order valence-electron chi connectivity index (χ3n) is 3.11. The van der Waals surface area contributed by atoms with Crippen LogP contribution < -0.4 is 5.73 Å². The van der Waals surface area contributed by atoms with Gasteiger partial charge in [-0.3, -0.25) is 0 Å². The van der Waals surface area contributed by atoms with Crippen LogP contribution in [0.2, 0.25) is 0 Å². The fourth-order valence-electron chi connectivity index (χ4n) is 2.25. The van der Waals surface area contributed by atoms with E-state index in [1.54, 1.807) is 0 Å². The smallest absolute Gasteiger partial charge is 0.180 e. The lowest BCUT2D eigenvalue weighted by Crippen LogP contribution is -2.35. The van der Waals surface area contributed by atoms with Crippen LogP contribution in [0.3, 0.4) is 0 Å².